The van der Waals surface area contributed by atoms with Gasteiger partial charge in [0.05, 0.1) is 20.1 Å². The number of amides is 1. The highest BCUT2D eigenvalue weighted by molar-refractivity contribution is 6.10. The van der Waals surface area contributed by atoms with E-state index in [-0.39, 0.29) is 24.7 Å². The molecule has 0 radical (unpaired) electrons. The number of benzene rings is 2. The molecule has 2 aromatic carbocycles. The quantitative estimate of drug-likeness (QED) is 0.641. The molecule has 30 heavy (non-hydrogen) atoms. The van der Waals surface area contributed by atoms with Gasteiger partial charge in [-0.25, -0.2) is 0 Å². The van der Waals surface area contributed by atoms with E-state index in [4.69, 9.17) is 9.26 Å². The van der Waals surface area contributed by atoms with E-state index >= 15 is 0 Å². The number of nitrogens with one attached hydrogen (secondary N) is 1. The van der Waals surface area contributed by atoms with Gasteiger partial charge in [-0.3, -0.25) is 9.59 Å². The fourth-order valence-electron chi connectivity index (χ4n) is 3.57. The third-order valence-corrected chi connectivity index (χ3v) is 5.16. The van der Waals surface area contributed by atoms with Crippen LogP contribution in [0.5, 0.6) is 5.75 Å². The van der Waals surface area contributed by atoms with Crippen LogP contribution in [0.25, 0.3) is 16.9 Å². The van der Waals surface area contributed by atoms with Crippen molar-refractivity contribution in [3.63, 3.8) is 0 Å². The van der Waals surface area contributed by atoms with Crippen LogP contribution in [0.4, 0.5) is 0 Å². The topological polar surface area (TPSA) is 81.4 Å². The van der Waals surface area contributed by atoms with Gasteiger partial charge in [0, 0.05) is 23.6 Å². The lowest BCUT2D eigenvalue weighted by molar-refractivity contribution is -0.122. The lowest BCUT2D eigenvalue weighted by Crippen LogP contribution is -2.24. The van der Waals surface area contributed by atoms with Crippen LogP contribution >= 0.6 is 0 Å². The normalized spacial score (nSPS) is 13.6. The number of ketones is 1. The van der Waals surface area contributed by atoms with E-state index in [0.717, 1.165) is 22.4 Å². The molecule has 3 aromatic rings. The maximum absolute atomic E-state index is 12.5. The summed E-state index contributed by atoms with van der Waals surface area (Å²) in [6, 6.07) is 19.0. The summed E-state index contributed by atoms with van der Waals surface area (Å²) >= 11 is 0. The summed E-state index contributed by atoms with van der Waals surface area (Å²) in [6.45, 7) is 0.237. The van der Waals surface area contributed by atoms with Crippen LogP contribution in [0.1, 0.15) is 30.5 Å². The van der Waals surface area contributed by atoms with Crippen molar-refractivity contribution in [2.24, 2.45) is 0 Å². The number of rotatable bonds is 7. The van der Waals surface area contributed by atoms with Crippen molar-refractivity contribution < 1.29 is 18.8 Å². The van der Waals surface area contributed by atoms with E-state index in [1.54, 1.807) is 13.2 Å². The van der Waals surface area contributed by atoms with Gasteiger partial charge in [0.15, 0.2) is 11.5 Å². The van der Waals surface area contributed by atoms with Crippen molar-refractivity contribution in [2.45, 2.75) is 25.8 Å². The Bertz CT molecular complexity index is 1080. The Labute approximate surface area is 174 Å². The average molecular weight is 402 g/mol. The van der Waals surface area contributed by atoms with Crippen LogP contribution in [0.15, 0.2) is 70.8 Å². The molecule has 6 heteroatoms. The Morgan fingerprint density at radius 1 is 1.07 bits per heavy atom. The highest BCUT2D eigenvalue weighted by Gasteiger charge is 2.25. The van der Waals surface area contributed by atoms with Crippen LogP contribution in [-0.2, 0) is 16.1 Å². The van der Waals surface area contributed by atoms with E-state index in [1.165, 1.54) is 0 Å². The SMILES string of the molecule is COc1ccc(-c2cc(CNC(=O)CC3=C(c4ccccc4)CCC3=O)no2)cc1. The minimum absolute atomic E-state index is 0.0484. The maximum atomic E-state index is 12.5. The number of aromatic nitrogens is 1. The predicted octanol–water partition coefficient (Wildman–Crippen LogP) is 4.17. The van der Waals surface area contributed by atoms with Crippen LogP contribution in [0.2, 0.25) is 0 Å². The first kappa shape index (κ1) is 19.6. The third kappa shape index (κ3) is 4.33. The molecule has 0 fully saturated rings. The Hall–Kier alpha value is -3.67. The summed E-state index contributed by atoms with van der Waals surface area (Å²) in [6.07, 6.45) is 1.22. The van der Waals surface area contributed by atoms with Crippen LogP contribution < -0.4 is 10.1 Å². The number of hydrogen-bond acceptors (Lipinski definition) is 5. The minimum Gasteiger partial charge on any atom is -0.497 e. The first-order chi connectivity index (χ1) is 14.6. The van der Waals surface area contributed by atoms with Gasteiger partial charge >= 0.3 is 0 Å². The molecule has 0 saturated heterocycles. The van der Waals surface area contributed by atoms with Gasteiger partial charge < -0.3 is 14.6 Å². The molecule has 0 aliphatic heterocycles. The second kappa shape index (κ2) is 8.78. The lowest BCUT2D eigenvalue weighted by atomic mass is 10.00. The van der Waals surface area contributed by atoms with Gasteiger partial charge in [0.2, 0.25) is 5.91 Å². The Kier molecular flexibility index (Phi) is 5.75. The average Bonchev–Trinajstić information content (AvgIpc) is 3.40. The molecule has 1 heterocycles. The fraction of sp³-hybridized carbons (Fsp3) is 0.208. The molecular formula is C24H22N2O4. The van der Waals surface area contributed by atoms with Crippen molar-refractivity contribution in [2.75, 3.05) is 7.11 Å². The van der Waals surface area contributed by atoms with Gasteiger partial charge in [0.25, 0.3) is 0 Å². The van der Waals surface area contributed by atoms with Gasteiger partial charge in [0.1, 0.15) is 11.4 Å². The summed E-state index contributed by atoms with van der Waals surface area (Å²) < 4.78 is 10.5. The van der Waals surface area contributed by atoms with Gasteiger partial charge in [-0.15, -0.1) is 0 Å². The Morgan fingerprint density at radius 3 is 2.57 bits per heavy atom. The van der Waals surface area contributed by atoms with E-state index in [2.05, 4.69) is 10.5 Å². The van der Waals surface area contributed by atoms with Crippen LogP contribution in [0, 0.1) is 0 Å². The Morgan fingerprint density at radius 2 is 1.83 bits per heavy atom. The zero-order valence-electron chi connectivity index (χ0n) is 16.7. The second-order valence-electron chi connectivity index (χ2n) is 7.11. The van der Waals surface area contributed by atoms with Gasteiger partial charge in [-0.1, -0.05) is 35.5 Å². The summed E-state index contributed by atoms with van der Waals surface area (Å²) in [5.41, 5.74) is 4.07. The molecule has 0 atom stereocenters. The van der Waals surface area contributed by atoms with Crippen LogP contribution in [-0.4, -0.2) is 24.0 Å². The van der Waals surface area contributed by atoms with Gasteiger partial charge in [-0.2, -0.15) is 0 Å². The highest BCUT2D eigenvalue weighted by Crippen LogP contribution is 2.33. The number of nitrogens with zero attached hydrogens (tertiary/aromatic N) is 1. The van der Waals surface area contributed by atoms with Gasteiger partial charge in [-0.05, 0) is 41.8 Å². The zero-order valence-corrected chi connectivity index (χ0v) is 16.7. The number of carbonyl (C=O) groups is 2. The number of ether oxygens (including phenoxy) is 1. The van der Waals surface area contributed by atoms with Crippen molar-refractivity contribution in [3.8, 4) is 17.1 Å². The summed E-state index contributed by atoms with van der Waals surface area (Å²) in [5.74, 6) is 1.22. The fourth-order valence-corrected chi connectivity index (χ4v) is 3.57. The molecular weight excluding hydrogens is 380 g/mol. The predicted molar refractivity (Wildman–Crippen MR) is 113 cm³/mol. The smallest absolute Gasteiger partial charge is 0.224 e. The molecule has 1 amide bonds. The molecule has 0 unspecified atom stereocenters. The first-order valence-corrected chi connectivity index (χ1v) is 9.81. The molecule has 6 nitrogen and oxygen atoms in total. The van der Waals surface area contributed by atoms with Crippen LogP contribution in [0.3, 0.4) is 0 Å². The molecule has 0 saturated carbocycles. The maximum Gasteiger partial charge on any atom is 0.224 e. The largest absolute Gasteiger partial charge is 0.497 e. The van der Waals surface area contributed by atoms with Crippen molar-refractivity contribution >= 4 is 17.3 Å². The molecule has 1 aliphatic rings. The van der Waals surface area contributed by atoms with E-state index in [1.807, 2.05) is 54.6 Å². The van der Waals surface area contributed by atoms with Crippen molar-refractivity contribution in [1.29, 1.82) is 0 Å². The molecule has 0 spiro atoms. The monoisotopic (exact) mass is 402 g/mol. The van der Waals surface area contributed by atoms with E-state index in [0.29, 0.717) is 29.9 Å². The lowest BCUT2D eigenvalue weighted by Gasteiger charge is -2.07. The van der Waals surface area contributed by atoms with Crippen molar-refractivity contribution in [3.05, 3.63) is 77.5 Å². The van der Waals surface area contributed by atoms with E-state index < -0.39 is 0 Å². The minimum atomic E-state index is -0.206. The third-order valence-electron chi connectivity index (χ3n) is 5.16. The zero-order chi connectivity index (χ0) is 20.9. The summed E-state index contributed by atoms with van der Waals surface area (Å²) in [4.78, 5) is 24.8. The van der Waals surface area contributed by atoms with E-state index in [9.17, 15) is 9.59 Å². The summed E-state index contributed by atoms with van der Waals surface area (Å²) in [7, 11) is 1.61. The molecule has 1 aliphatic carbocycles. The first-order valence-electron chi connectivity index (χ1n) is 9.81. The molecule has 0 bridgehead atoms. The van der Waals surface area contributed by atoms with Crippen molar-refractivity contribution in [1.82, 2.24) is 10.5 Å². The number of carbonyl (C=O) groups excluding carboxylic acids is 2. The Balaban J connectivity index is 1.39. The molecule has 1 aromatic heterocycles. The summed E-state index contributed by atoms with van der Waals surface area (Å²) in [5, 5.41) is 6.85. The number of methoxy groups -OCH3 is 1. The second-order valence-corrected chi connectivity index (χ2v) is 7.11. The molecule has 4 rings (SSSR count). The molecule has 1 N–H and O–H groups in total. The number of hydrogen-bond donors (Lipinski definition) is 1. The number of allylic oxidation sites excluding steroid dienone is 1. The molecule has 152 valence electrons. The number of Topliss-reactive ketones (excluding diaryl/α,β-unsaturated/α-hetero) is 1. The highest BCUT2D eigenvalue weighted by atomic mass is 16.5. The standard InChI is InChI=1S/C24H22N2O4/c1-29-19-9-7-17(8-10-19)23-13-18(26-30-23)15-25-24(28)14-21-20(11-12-22(21)27)16-5-3-2-4-6-16/h2-10,13H,11-12,14-15H2,1H3,(H,25,28).